The van der Waals surface area contributed by atoms with Crippen LogP contribution in [0.4, 0.5) is 0 Å². The zero-order valence-electron chi connectivity index (χ0n) is 11.6. The van der Waals surface area contributed by atoms with Gasteiger partial charge in [0, 0.05) is 18.4 Å². The van der Waals surface area contributed by atoms with Crippen LogP contribution in [0, 0.1) is 11.8 Å². The summed E-state index contributed by atoms with van der Waals surface area (Å²) in [6.07, 6.45) is 0. The first-order valence-corrected chi connectivity index (χ1v) is 7.03. The SMILES string of the molecule is CC1C(=O)N(CC(C(N)=S)c2ccccc2)C(=O)C1C. The van der Waals surface area contributed by atoms with Crippen molar-refractivity contribution < 1.29 is 9.59 Å². The molecule has 2 N–H and O–H groups in total. The van der Waals surface area contributed by atoms with Crippen LogP contribution in [0.15, 0.2) is 30.3 Å². The Morgan fingerprint density at radius 1 is 1.20 bits per heavy atom. The van der Waals surface area contributed by atoms with Crippen LogP contribution in [0.25, 0.3) is 0 Å². The second kappa shape index (κ2) is 5.71. The van der Waals surface area contributed by atoms with Gasteiger partial charge in [-0.3, -0.25) is 14.5 Å². The number of carbonyl (C=O) groups excluding carboxylic acids is 2. The Bertz CT molecular complexity index is 524. The maximum Gasteiger partial charge on any atom is 0.232 e. The van der Waals surface area contributed by atoms with Gasteiger partial charge in [-0.05, 0) is 5.56 Å². The van der Waals surface area contributed by atoms with Crippen LogP contribution in [0.2, 0.25) is 0 Å². The first kappa shape index (κ1) is 14.7. The number of imide groups is 1. The third-order valence-corrected chi connectivity index (χ3v) is 4.26. The number of carbonyl (C=O) groups is 2. The smallest absolute Gasteiger partial charge is 0.232 e. The highest BCUT2D eigenvalue weighted by Crippen LogP contribution is 2.28. The lowest BCUT2D eigenvalue weighted by Crippen LogP contribution is -2.38. The highest BCUT2D eigenvalue weighted by atomic mass is 32.1. The first-order chi connectivity index (χ1) is 9.43. The maximum atomic E-state index is 12.1. The molecule has 0 saturated carbocycles. The molecule has 1 fully saturated rings. The third kappa shape index (κ3) is 2.58. The van der Waals surface area contributed by atoms with Gasteiger partial charge in [-0.1, -0.05) is 56.4 Å². The van der Waals surface area contributed by atoms with Gasteiger partial charge < -0.3 is 5.73 Å². The Kier molecular flexibility index (Phi) is 4.18. The molecule has 1 heterocycles. The van der Waals surface area contributed by atoms with Crippen molar-refractivity contribution in [3.05, 3.63) is 35.9 Å². The molecule has 1 aromatic carbocycles. The zero-order chi connectivity index (χ0) is 14.9. The molecule has 0 radical (unpaired) electrons. The Balaban J connectivity index is 2.24. The number of thiocarbonyl (C=S) groups is 1. The second-order valence-electron chi connectivity index (χ2n) is 5.23. The van der Waals surface area contributed by atoms with Gasteiger partial charge >= 0.3 is 0 Å². The summed E-state index contributed by atoms with van der Waals surface area (Å²) in [5.41, 5.74) is 6.71. The number of benzene rings is 1. The number of nitrogens with zero attached hydrogens (tertiary/aromatic N) is 1. The Morgan fingerprint density at radius 3 is 2.15 bits per heavy atom. The van der Waals surface area contributed by atoms with E-state index in [0.717, 1.165) is 5.56 Å². The van der Waals surface area contributed by atoms with Crippen molar-refractivity contribution in [3.63, 3.8) is 0 Å². The summed E-state index contributed by atoms with van der Waals surface area (Å²) >= 11 is 5.10. The average Bonchev–Trinajstić information content (AvgIpc) is 2.62. The molecule has 4 nitrogen and oxygen atoms in total. The molecule has 1 aliphatic rings. The van der Waals surface area contributed by atoms with Crippen LogP contribution < -0.4 is 5.73 Å². The van der Waals surface area contributed by atoms with Crippen molar-refractivity contribution in [2.24, 2.45) is 17.6 Å². The molecular weight excluding hydrogens is 272 g/mol. The molecule has 1 saturated heterocycles. The van der Waals surface area contributed by atoms with E-state index >= 15 is 0 Å². The van der Waals surface area contributed by atoms with E-state index in [-0.39, 0.29) is 36.1 Å². The van der Waals surface area contributed by atoms with Gasteiger partial charge in [-0.15, -0.1) is 0 Å². The van der Waals surface area contributed by atoms with Gasteiger partial charge in [-0.2, -0.15) is 0 Å². The molecule has 0 bridgehead atoms. The Morgan fingerprint density at radius 2 is 1.70 bits per heavy atom. The normalized spacial score (nSPS) is 24.0. The van der Waals surface area contributed by atoms with Crippen molar-refractivity contribution in [1.82, 2.24) is 4.90 Å². The van der Waals surface area contributed by atoms with Crippen molar-refractivity contribution in [1.29, 1.82) is 0 Å². The van der Waals surface area contributed by atoms with Crippen molar-refractivity contribution in [3.8, 4) is 0 Å². The van der Waals surface area contributed by atoms with E-state index in [1.54, 1.807) is 13.8 Å². The fraction of sp³-hybridized carbons (Fsp3) is 0.400. The van der Waals surface area contributed by atoms with Gasteiger partial charge in [0.05, 0.1) is 10.9 Å². The molecule has 2 amide bonds. The average molecular weight is 290 g/mol. The van der Waals surface area contributed by atoms with Gasteiger partial charge in [-0.25, -0.2) is 0 Å². The largest absolute Gasteiger partial charge is 0.393 e. The molecular formula is C15H18N2O2S. The fourth-order valence-electron chi connectivity index (χ4n) is 2.44. The van der Waals surface area contributed by atoms with E-state index in [1.807, 2.05) is 30.3 Å². The number of amides is 2. The first-order valence-electron chi connectivity index (χ1n) is 6.63. The van der Waals surface area contributed by atoms with E-state index in [9.17, 15) is 9.59 Å². The van der Waals surface area contributed by atoms with Gasteiger partial charge in [0.15, 0.2) is 0 Å². The highest BCUT2D eigenvalue weighted by molar-refractivity contribution is 7.80. The standard InChI is InChI=1S/C15H18N2O2S/c1-9-10(2)15(19)17(14(9)18)8-12(13(16)20)11-6-4-3-5-7-11/h3-7,9-10,12H,8H2,1-2H3,(H2,16,20). The molecule has 106 valence electrons. The summed E-state index contributed by atoms with van der Waals surface area (Å²) in [5.74, 6) is -1.12. The van der Waals surface area contributed by atoms with Crippen LogP contribution in [0.3, 0.4) is 0 Å². The number of hydrogen-bond acceptors (Lipinski definition) is 3. The quantitative estimate of drug-likeness (QED) is 0.677. The number of likely N-dealkylation sites (tertiary alicyclic amines) is 1. The van der Waals surface area contributed by atoms with Gasteiger partial charge in [0.1, 0.15) is 0 Å². The van der Waals surface area contributed by atoms with Crippen molar-refractivity contribution >= 4 is 29.0 Å². The summed E-state index contributed by atoms with van der Waals surface area (Å²) in [6, 6.07) is 9.48. The van der Waals surface area contributed by atoms with Gasteiger partial charge in [0.25, 0.3) is 0 Å². The summed E-state index contributed by atoms with van der Waals surface area (Å²) in [7, 11) is 0. The van der Waals surface area contributed by atoms with Crippen LogP contribution in [-0.4, -0.2) is 28.2 Å². The van der Waals surface area contributed by atoms with Crippen LogP contribution >= 0.6 is 12.2 Å². The third-order valence-electron chi connectivity index (χ3n) is 3.97. The highest BCUT2D eigenvalue weighted by Gasteiger charge is 2.43. The predicted octanol–water partition coefficient (Wildman–Crippen LogP) is 1.70. The minimum Gasteiger partial charge on any atom is -0.393 e. The van der Waals surface area contributed by atoms with E-state index < -0.39 is 0 Å². The lowest BCUT2D eigenvalue weighted by molar-refractivity contribution is -0.139. The predicted molar refractivity (Wildman–Crippen MR) is 81.0 cm³/mol. The topological polar surface area (TPSA) is 63.4 Å². The van der Waals surface area contributed by atoms with Crippen molar-refractivity contribution in [2.75, 3.05) is 6.54 Å². The summed E-state index contributed by atoms with van der Waals surface area (Å²) < 4.78 is 0. The monoisotopic (exact) mass is 290 g/mol. The minimum atomic E-state index is -0.295. The van der Waals surface area contributed by atoms with Crippen LogP contribution in [0.1, 0.15) is 25.3 Å². The molecule has 0 aromatic heterocycles. The summed E-state index contributed by atoms with van der Waals surface area (Å²) in [6.45, 7) is 3.79. The molecule has 20 heavy (non-hydrogen) atoms. The second-order valence-corrected chi connectivity index (χ2v) is 5.70. The lowest BCUT2D eigenvalue weighted by atomic mass is 9.98. The van der Waals surface area contributed by atoms with E-state index in [2.05, 4.69) is 0 Å². The van der Waals surface area contributed by atoms with E-state index in [1.165, 1.54) is 4.90 Å². The lowest BCUT2D eigenvalue weighted by Gasteiger charge is -2.22. The Hall–Kier alpha value is -1.75. The minimum absolute atomic E-state index is 0.139. The molecule has 0 aliphatic carbocycles. The summed E-state index contributed by atoms with van der Waals surface area (Å²) in [4.78, 5) is 25.9. The number of hydrogen-bond donors (Lipinski definition) is 1. The van der Waals surface area contributed by atoms with E-state index in [0.29, 0.717) is 4.99 Å². The molecule has 1 aromatic rings. The zero-order valence-corrected chi connectivity index (χ0v) is 12.4. The molecule has 3 unspecified atom stereocenters. The van der Waals surface area contributed by atoms with Gasteiger partial charge in [0.2, 0.25) is 11.8 Å². The van der Waals surface area contributed by atoms with E-state index in [4.69, 9.17) is 18.0 Å². The van der Waals surface area contributed by atoms with Crippen LogP contribution in [0.5, 0.6) is 0 Å². The fourth-order valence-corrected chi connectivity index (χ4v) is 2.65. The maximum absolute atomic E-state index is 12.1. The van der Waals surface area contributed by atoms with Crippen molar-refractivity contribution in [2.45, 2.75) is 19.8 Å². The molecule has 5 heteroatoms. The molecule has 1 aliphatic heterocycles. The molecule has 0 spiro atoms. The number of nitrogens with two attached hydrogens (primary N) is 1. The Labute approximate surface area is 123 Å². The molecule has 3 atom stereocenters. The summed E-state index contributed by atoms with van der Waals surface area (Å²) in [5, 5.41) is 0. The molecule has 2 rings (SSSR count). The number of rotatable bonds is 4. The van der Waals surface area contributed by atoms with Crippen LogP contribution in [-0.2, 0) is 9.59 Å².